The molecule has 0 radical (unpaired) electrons. The van der Waals surface area contributed by atoms with Crippen LogP contribution in [0, 0.1) is 12.3 Å². The molecule has 8 rings (SSSR count). The van der Waals surface area contributed by atoms with Crippen LogP contribution in [-0.2, 0) is 27.5 Å². The Bertz CT molecular complexity index is 2640. The molecule has 0 spiro atoms. The smallest absolute Gasteiger partial charge is 0.390 e. The van der Waals surface area contributed by atoms with Crippen LogP contribution in [0.4, 0.5) is 19.1 Å². The topological polar surface area (TPSA) is 181 Å². The molecule has 3 amide bonds. The van der Waals surface area contributed by atoms with E-state index < -0.39 is 36.2 Å². The fourth-order valence-corrected chi connectivity index (χ4v) is 11.1. The lowest BCUT2D eigenvalue weighted by atomic mass is 9.85. The van der Waals surface area contributed by atoms with Gasteiger partial charge in [0.1, 0.15) is 17.7 Å². The van der Waals surface area contributed by atoms with Crippen molar-refractivity contribution in [3.05, 3.63) is 83.3 Å². The van der Waals surface area contributed by atoms with E-state index >= 15 is 0 Å². The Hall–Kier alpha value is -5.47. The predicted octanol–water partition coefficient (Wildman–Crippen LogP) is 7.86. The maximum Gasteiger partial charge on any atom is 0.390 e. The van der Waals surface area contributed by atoms with Gasteiger partial charge in [-0.2, -0.15) is 18.2 Å². The van der Waals surface area contributed by atoms with E-state index in [1.165, 1.54) is 10.5 Å². The molecule has 3 aromatic heterocycles. The summed E-state index contributed by atoms with van der Waals surface area (Å²) in [6.07, 6.45) is 3.20. The fourth-order valence-electron chi connectivity index (χ4n) is 10.3. The minimum atomic E-state index is -4.28. The van der Waals surface area contributed by atoms with Crippen LogP contribution < -0.4 is 16.0 Å². The van der Waals surface area contributed by atoms with E-state index in [9.17, 15) is 37.8 Å². The number of nitrogens with zero attached hydrogens (tertiary/aromatic N) is 7. The molecular weight excluding hydrogens is 958 g/mol. The van der Waals surface area contributed by atoms with E-state index in [0.717, 1.165) is 103 Å². The van der Waals surface area contributed by atoms with Gasteiger partial charge in [-0.05, 0) is 79.7 Å². The van der Waals surface area contributed by atoms with Crippen LogP contribution in [0.2, 0.25) is 0 Å². The lowest BCUT2D eigenvalue weighted by molar-refractivity contribution is -0.144. The Balaban J connectivity index is 0.761. The number of anilines is 1. The van der Waals surface area contributed by atoms with Crippen molar-refractivity contribution in [3.8, 4) is 21.6 Å². The summed E-state index contributed by atoms with van der Waals surface area (Å²) in [5.74, 6) is -0.757. The van der Waals surface area contributed by atoms with Crippen LogP contribution >= 0.6 is 11.3 Å². The third-order valence-corrected chi connectivity index (χ3v) is 15.5. The number of thiazole rings is 1. The van der Waals surface area contributed by atoms with E-state index in [0.29, 0.717) is 24.9 Å². The molecule has 73 heavy (non-hydrogen) atoms. The average molecular weight is 1030 g/mol. The number of fused-ring (bicyclic) bond motifs is 1. The molecule has 0 unspecified atom stereocenters. The lowest BCUT2D eigenvalue weighted by Gasteiger charge is -2.35. The molecule has 2 aliphatic heterocycles. The highest BCUT2D eigenvalue weighted by Gasteiger charge is 2.44. The molecule has 1 saturated carbocycles. The quantitative estimate of drug-likeness (QED) is 0.0509. The molecular formula is C54H71F3N10O5S. The van der Waals surface area contributed by atoms with Gasteiger partial charge in [-0.25, -0.2) is 9.97 Å². The number of halogens is 3. The number of carbonyl (C=O) groups excluding carboxylic acids is 3. The molecule has 19 heteroatoms. The molecule has 15 nitrogen and oxygen atoms in total. The van der Waals surface area contributed by atoms with Gasteiger partial charge in [0.15, 0.2) is 0 Å². The van der Waals surface area contributed by atoms with Gasteiger partial charge in [-0.3, -0.25) is 19.3 Å². The number of amides is 3. The summed E-state index contributed by atoms with van der Waals surface area (Å²) in [6.45, 7) is 13.2. The van der Waals surface area contributed by atoms with Gasteiger partial charge < -0.3 is 40.5 Å². The number of aromatic nitrogens is 4. The third kappa shape index (κ3) is 14.2. The average Bonchev–Trinajstić information content (AvgIpc) is 4.09. The number of piperazine rings is 1. The van der Waals surface area contributed by atoms with E-state index in [4.69, 9.17) is 0 Å². The Labute approximate surface area is 430 Å². The summed E-state index contributed by atoms with van der Waals surface area (Å²) in [4.78, 5) is 61.8. The van der Waals surface area contributed by atoms with Crippen LogP contribution in [0.5, 0.6) is 0 Å². The Kier molecular flexibility index (Phi) is 17.6. The molecule has 1 aliphatic carbocycles. The van der Waals surface area contributed by atoms with E-state index in [-0.39, 0.29) is 68.3 Å². The second-order valence-corrected chi connectivity index (χ2v) is 22.1. The largest absolute Gasteiger partial charge is 0.393 e. The molecule has 3 fully saturated rings. The van der Waals surface area contributed by atoms with Crippen LogP contribution in [0.25, 0.3) is 32.6 Å². The van der Waals surface area contributed by atoms with Crippen LogP contribution in [-0.4, -0.2) is 138 Å². The Morgan fingerprint density at radius 2 is 1.53 bits per heavy atom. The molecule has 2 saturated heterocycles. The van der Waals surface area contributed by atoms with Crippen LogP contribution in [0.1, 0.15) is 108 Å². The fraction of sp³-hybridized carbons (Fsp3) is 0.556. The number of alkyl halides is 3. The van der Waals surface area contributed by atoms with Crippen molar-refractivity contribution in [3.63, 3.8) is 0 Å². The van der Waals surface area contributed by atoms with Crippen molar-refractivity contribution in [2.45, 2.75) is 142 Å². The molecule has 5 heterocycles. The monoisotopic (exact) mass is 1030 g/mol. The molecule has 2 aromatic carbocycles. The lowest BCUT2D eigenvalue weighted by Crippen LogP contribution is -2.57. The van der Waals surface area contributed by atoms with Crippen molar-refractivity contribution in [1.82, 2.24) is 44.9 Å². The second-order valence-electron chi connectivity index (χ2n) is 21.2. The van der Waals surface area contributed by atoms with Gasteiger partial charge in [-0.1, -0.05) is 75.7 Å². The van der Waals surface area contributed by atoms with Gasteiger partial charge in [-0.15, -0.1) is 11.3 Å². The first-order valence-corrected chi connectivity index (χ1v) is 26.7. The Morgan fingerprint density at radius 1 is 0.849 bits per heavy atom. The number of unbranched alkanes of at least 4 members (excludes halogenated alkanes) is 2. The summed E-state index contributed by atoms with van der Waals surface area (Å²) >= 11 is 1.58. The van der Waals surface area contributed by atoms with E-state index in [2.05, 4.69) is 75.7 Å². The molecule has 0 bridgehead atoms. The SMILES string of the molecule is Cc1ncsc1-c1ccc(CNC(=O)[C@@H]2C[C@@H](O)CN2C(=O)[C@@H](NC(=O)CCCCCN2CCN(Cc3ccc(-c4cn(C5CCC(O)CC5)c5nc(NCCC(F)(F)F)ncc45)cc3)CC2)C(C)(C)C)cc1. The highest BCUT2D eigenvalue weighted by atomic mass is 32.1. The highest BCUT2D eigenvalue weighted by Crippen LogP contribution is 2.37. The summed E-state index contributed by atoms with van der Waals surface area (Å²) in [6, 6.07) is 14.8. The molecule has 3 atom stereocenters. The van der Waals surface area contributed by atoms with Crippen molar-refractivity contribution >= 4 is 46.0 Å². The van der Waals surface area contributed by atoms with Gasteiger partial charge in [0, 0.05) is 94.6 Å². The first-order valence-electron chi connectivity index (χ1n) is 25.8. The third-order valence-electron chi connectivity index (χ3n) is 14.5. The van der Waals surface area contributed by atoms with Gasteiger partial charge >= 0.3 is 6.18 Å². The molecule has 5 N–H and O–H groups in total. The number of hydrogen-bond acceptors (Lipinski definition) is 12. The maximum atomic E-state index is 14.1. The number of likely N-dealkylation sites (tertiary alicyclic amines) is 1. The second kappa shape index (κ2) is 23.8. The molecule has 394 valence electrons. The van der Waals surface area contributed by atoms with Crippen molar-refractivity contribution < 1.29 is 37.8 Å². The van der Waals surface area contributed by atoms with Crippen molar-refractivity contribution in [2.24, 2.45) is 5.41 Å². The number of hydrogen-bond donors (Lipinski definition) is 5. The normalized spacial score (nSPS) is 20.6. The predicted molar refractivity (Wildman–Crippen MR) is 277 cm³/mol. The maximum absolute atomic E-state index is 14.1. The number of β-amino-alcohol motifs (C(OH)–C–C–N with tert-alkyl or cyclic N) is 1. The summed E-state index contributed by atoms with van der Waals surface area (Å²) < 4.78 is 40.6. The van der Waals surface area contributed by atoms with Gasteiger partial charge in [0.2, 0.25) is 23.7 Å². The molecule has 5 aromatic rings. The number of carbonyl (C=O) groups is 3. The summed E-state index contributed by atoms with van der Waals surface area (Å²) in [5.41, 5.74) is 7.95. The molecule has 3 aliphatic rings. The first-order chi connectivity index (χ1) is 34.9. The number of aliphatic hydroxyl groups excluding tert-OH is 2. The number of aliphatic hydroxyl groups is 2. The number of aryl methyl sites for hydroxylation is 1. The van der Waals surface area contributed by atoms with Gasteiger partial charge in [0.25, 0.3) is 0 Å². The standard InChI is InChI=1S/C54H71F3N10O5S/c1-35-47(73-34-61-35)39-15-9-36(10-16-39)29-59-50(71)45-28-42(69)32-67(45)51(72)48(53(2,3)4)62-46(70)8-6-5-7-23-64-24-26-65(27-25-64)31-37-11-13-38(14-12-37)44-33-66(40-17-19-41(68)20-18-40)49-43(44)30-60-52(63-49)58-22-21-54(55,56)57/h9-16,30,33-34,40-42,45,48,68-69H,5-8,17-29,31-32H2,1-4H3,(H,59,71)(H,62,70)(H,58,60,63)/t40?,41?,42-,45+,48-/m1/s1. The zero-order chi connectivity index (χ0) is 51.9. The van der Waals surface area contributed by atoms with Crippen LogP contribution in [0.3, 0.4) is 0 Å². The number of nitrogens with one attached hydrogen (secondary N) is 3. The van der Waals surface area contributed by atoms with E-state index in [1.807, 2.05) is 57.5 Å². The Morgan fingerprint density at radius 3 is 2.21 bits per heavy atom. The van der Waals surface area contributed by atoms with Crippen molar-refractivity contribution in [1.29, 1.82) is 0 Å². The van der Waals surface area contributed by atoms with Crippen molar-refractivity contribution in [2.75, 3.05) is 51.1 Å². The number of benzene rings is 2. The summed E-state index contributed by atoms with van der Waals surface area (Å²) in [7, 11) is 0. The first kappa shape index (κ1) is 53.8. The number of rotatable bonds is 19. The highest BCUT2D eigenvalue weighted by molar-refractivity contribution is 7.13. The zero-order valence-corrected chi connectivity index (χ0v) is 43.3. The zero-order valence-electron chi connectivity index (χ0n) is 42.5. The minimum absolute atomic E-state index is 0.0216. The van der Waals surface area contributed by atoms with E-state index in [1.54, 1.807) is 17.5 Å². The summed E-state index contributed by atoms with van der Waals surface area (Å²) in [5, 5.41) is 30.3. The van der Waals surface area contributed by atoms with Gasteiger partial charge in [0.05, 0.1) is 34.7 Å². The van der Waals surface area contributed by atoms with Crippen LogP contribution in [0.15, 0.2) is 66.4 Å². The minimum Gasteiger partial charge on any atom is -0.393 e.